The van der Waals surface area contributed by atoms with Gasteiger partial charge >= 0.3 is 5.97 Å². The van der Waals surface area contributed by atoms with Gasteiger partial charge in [-0.1, -0.05) is 12.2 Å². The summed E-state index contributed by atoms with van der Waals surface area (Å²) in [6.07, 6.45) is 7.17. The van der Waals surface area contributed by atoms with Crippen molar-refractivity contribution in [1.29, 1.82) is 0 Å². The number of hydrogen-bond donors (Lipinski definition) is 3. The number of imide groups is 1. The Kier molecular flexibility index (Phi) is 30.6. The van der Waals surface area contributed by atoms with E-state index in [4.69, 9.17) is 56.6 Å². The number of nitrogens with zero attached hydrogens (tertiary/aromatic N) is 3. The second-order valence-electron chi connectivity index (χ2n) is 19.4. The highest BCUT2D eigenvalue weighted by Crippen LogP contribution is 2.51. The Balaban J connectivity index is 1.18. The van der Waals surface area contributed by atoms with E-state index in [0.717, 1.165) is 11.1 Å². The molecule has 2 amide bonds. The van der Waals surface area contributed by atoms with Crippen molar-refractivity contribution < 1.29 is 110 Å². The van der Waals surface area contributed by atoms with E-state index in [0.29, 0.717) is 92.5 Å². The molecular weight excluding hydrogens is 1180 g/mol. The Morgan fingerprint density at radius 3 is 1.73 bits per heavy atom. The maximum atomic E-state index is 12.4. The van der Waals surface area contributed by atoms with Crippen LogP contribution in [-0.2, 0) is 102 Å². The van der Waals surface area contributed by atoms with E-state index < -0.39 is 65.1 Å². The van der Waals surface area contributed by atoms with E-state index in [1.807, 2.05) is 46.8 Å². The average Bonchev–Trinajstić information content (AvgIpc) is 1.91. The van der Waals surface area contributed by atoms with Crippen LogP contribution in [0.3, 0.4) is 0 Å². The zero-order chi connectivity index (χ0) is 61.6. The molecule has 1 aliphatic carbocycles. The first-order valence-electron chi connectivity index (χ1n) is 27.7. The highest BCUT2D eigenvalue weighted by atomic mass is 32.2. The molecule has 4 aliphatic rings. The number of rotatable bonds is 45. The van der Waals surface area contributed by atoms with Gasteiger partial charge in [0.05, 0.1) is 154 Å². The molecule has 5 rings (SSSR count). The third kappa shape index (κ3) is 25.6. The standard InChI is InChI=1S/C55H79N3O24S3/c1-55(16-4-40-83(62,63)64)48-43-46(85(68,69)70)9-11-49(48)57(19-23-74-28-31-78-36-39-80-37-34-76-29-26-72-20-15-54(61)82-58-52(59)12-13-53(58)60)51(55)7-3-6-44-14-21-81-50-42-45(8-10-47(44)50)56(17-5-41-84(65,66)67)18-22-73-27-30-77-35-38-79-33-32-75-25-24-71-2/h3,6-11,14,21,42-43H,4-5,12-13,15-20,22-41H2,1-2H3,(H2-,62,63,64,65,66,67,68,69,70)/p+1. The Morgan fingerprint density at radius 2 is 1.18 bits per heavy atom. The number of allylic oxidation sites excluding steroid dienone is 3. The molecule has 30 heteroatoms. The van der Waals surface area contributed by atoms with Crippen molar-refractivity contribution in [2.24, 2.45) is 0 Å². The van der Waals surface area contributed by atoms with Gasteiger partial charge in [0.1, 0.15) is 18.9 Å². The molecule has 1 atom stereocenters. The number of anilines is 1. The smallest absolute Gasteiger partial charge is 0.335 e. The van der Waals surface area contributed by atoms with Crippen LogP contribution in [0.25, 0.3) is 17.4 Å². The van der Waals surface area contributed by atoms with E-state index in [9.17, 15) is 53.3 Å². The van der Waals surface area contributed by atoms with Gasteiger partial charge in [0.2, 0.25) is 5.36 Å². The zero-order valence-electron chi connectivity index (χ0n) is 48.0. The molecule has 1 saturated heterocycles. The van der Waals surface area contributed by atoms with Crippen LogP contribution in [0.15, 0.2) is 75.9 Å². The summed E-state index contributed by atoms with van der Waals surface area (Å²) in [5, 5.41) is 1.20. The van der Waals surface area contributed by atoms with Crippen molar-refractivity contribution in [3.63, 3.8) is 0 Å². The molecule has 1 aromatic rings. The zero-order valence-corrected chi connectivity index (χ0v) is 50.5. The van der Waals surface area contributed by atoms with Crippen LogP contribution < -0.4 is 14.8 Å². The number of hydroxylamine groups is 2. The molecule has 3 heterocycles. The minimum Gasteiger partial charge on any atom is -0.464 e. The number of carbonyl (C=O) groups is 3. The van der Waals surface area contributed by atoms with Gasteiger partial charge in [0, 0.05) is 61.3 Å². The molecular formula is C55H80N3O24S3+. The molecule has 3 N–H and O–H groups in total. The Bertz CT molecular complexity index is 3010. The van der Waals surface area contributed by atoms with Crippen molar-refractivity contribution in [2.75, 3.05) is 169 Å². The lowest BCUT2D eigenvalue weighted by molar-refractivity contribution is -0.198. The first kappa shape index (κ1) is 70.6. The lowest BCUT2D eigenvalue weighted by Gasteiger charge is -2.30. The van der Waals surface area contributed by atoms with Gasteiger partial charge in [0.25, 0.3) is 42.2 Å². The summed E-state index contributed by atoms with van der Waals surface area (Å²) in [6.45, 7) is 8.58. The van der Waals surface area contributed by atoms with Gasteiger partial charge in [-0.25, -0.2) is 9.37 Å². The van der Waals surface area contributed by atoms with Crippen LogP contribution >= 0.6 is 0 Å². The topological polar surface area (TPSA) is 338 Å². The quantitative estimate of drug-likeness (QED) is 0.0317. The molecule has 0 radical (unpaired) electrons. The van der Waals surface area contributed by atoms with Crippen molar-refractivity contribution >= 4 is 59.9 Å². The number of carbonyl (C=O) groups excluding carboxylic acids is 3. The third-order valence-electron chi connectivity index (χ3n) is 13.2. The van der Waals surface area contributed by atoms with Crippen molar-refractivity contribution in [3.8, 4) is 11.3 Å². The van der Waals surface area contributed by atoms with E-state index in [1.165, 1.54) is 18.4 Å². The fraction of sp³-hybridized carbons (Fsp3) is 0.600. The summed E-state index contributed by atoms with van der Waals surface area (Å²) in [5.41, 5.74) is 2.17. The Hall–Kier alpha value is -5.13. The largest absolute Gasteiger partial charge is 0.464 e. The lowest BCUT2D eigenvalue weighted by atomic mass is 9.77. The first-order valence-corrected chi connectivity index (χ1v) is 32.4. The van der Waals surface area contributed by atoms with Crippen LogP contribution in [0.2, 0.25) is 0 Å². The summed E-state index contributed by atoms with van der Waals surface area (Å²) < 4.78 is 164. The van der Waals surface area contributed by atoms with Gasteiger partial charge in [-0.3, -0.25) is 23.2 Å². The number of fused-ring (bicyclic) bond motifs is 2. The van der Waals surface area contributed by atoms with E-state index >= 15 is 0 Å². The molecule has 1 aromatic carbocycles. The van der Waals surface area contributed by atoms with Crippen molar-refractivity contribution in [1.82, 2.24) is 9.64 Å². The maximum Gasteiger partial charge on any atom is 0.335 e. The minimum absolute atomic E-state index is 0.00131. The van der Waals surface area contributed by atoms with E-state index in [1.54, 1.807) is 25.3 Å². The van der Waals surface area contributed by atoms with Crippen LogP contribution in [0.4, 0.5) is 5.69 Å². The highest BCUT2D eigenvalue weighted by Gasteiger charge is 2.44. The SMILES string of the molecule is COCCOCCOCCOCCOCC[N+](CCCS(=O)(=O)O)=c1ccc2c(/C=C/C=C3/N(CCOCCOCCOCCOCCOCCC(=O)ON4C(=O)CCC4=O)c4ccc(S(=O)(=O)O)cc4C3(C)CCCS(=O)(=O)O)ccoc-2c1. The summed E-state index contributed by atoms with van der Waals surface area (Å²) in [6, 6.07) is 11.5. The van der Waals surface area contributed by atoms with E-state index in [2.05, 4.69) is 0 Å². The molecule has 0 aromatic heterocycles. The molecule has 476 valence electrons. The molecule has 0 spiro atoms. The molecule has 0 saturated carbocycles. The third-order valence-corrected chi connectivity index (χ3v) is 15.6. The first-order chi connectivity index (χ1) is 40.7. The predicted octanol–water partition coefficient (Wildman–Crippen LogP) is 2.82. The monoisotopic (exact) mass is 1260 g/mol. The molecule has 85 heavy (non-hydrogen) atoms. The van der Waals surface area contributed by atoms with E-state index in [-0.39, 0.29) is 129 Å². The summed E-state index contributed by atoms with van der Waals surface area (Å²) in [5.74, 6) is -2.35. The summed E-state index contributed by atoms with van der Waals surface area (Å²) in [7, 11) is -11.6. The van der Waals surface area contributed by atoms with Gasteiger partial charge in [0.15, 0.2) is 6.54 Å². The second kappa shape index (κ2) is 36.9. The Morgan fingerprint density at radius 1 is 0.647 bits per heavy atom. The Labute approximate surface area is 496 Å². The predicted molar refractivity (Wildman–Crippen MR) is 306 cm³/mol. The van der Waals surface area contributed by atoms with Crippen LogP contribution in [0.1, 0.15) is 56.6 Å². The van der Waals surface area contributed by atoms with Crippen LogP contribution in [-0.4, -0.2) is 226 Å². The number of hydrogen-bond acceptors (Lipinski definition) is 22. The second-order valence-corrected chi connectivity index (χ2v) is 24.0. The minimum atomic E-state index is -4.65. The summed E-state index contributed by atoms with van der Waals surface area (Å²) >= 11 is 0. The average molecular weight is 1260 g/mol. The molecule has 1 fully saturated rings. The van der Waals surface area contributed by atoms with Gasteiger partial charge in [-0.05, 0) is 67.3 Å². The molecule has 0 bridgehead atoms. The molecule has 1 unspecified atom stereocenters. The number of methoxy groups -OCH3 is 1. The van der Waals surface area contributed by atoms with Gasteiger partial charge in [-0.15, -0.1) is 5.06 Å². The molecule has 3 aliphatic heterocycles. The van der Waals surface area contributed by atoms with Crippen LogP contribution in [0.5, 0.6) is 0 Å². The van der Waals surface area contributed by atoms with Crippen molar-refractivity contribution in [2.45, 2.75) is 55.8 Å². The fourth-order valence-corrected chi connectivity index (χ4v) is 10.5. The maximum absolute atomic E-state index is 12.4. The fourth-order valence-electron chi connectivity index (χ4n) is 8.99. The lowest BCUT2D eigenvalue weighted by Crippen LogP contribution is -2.35. The highest BCUT2D eigenvalue weighted by molar-refractivity contribution is 7.86. The van der Waals surface area contributed by atoms with Gasteiger partial charge in [-0.2, -0.15) is 25.3 Å². The normalized spacial score (nSPS) is 16.6. The number of amides is 2. The summed E-state index contributed by atoms with van der Waals surface area (Å²) in [4.78, 5) is 41.3. The van der Waals surface area contributed by atoms with Gasteiger partial charge < -0.3 is 61.5 Å². The number of ether oxygens (including phenoxy) is 10. The molecule has 27 nitrogen and oxygen atoms in total. The number of benzene rings is 2. The van der Waals surface area contributed by atoms with Crippen molar-refractivity contribution in [3.05, 3.63) is 83.1 Å². The van der Waals surface area contributed by atoms with Crippen LogP contribution in [0, 0.1) is 0 Å².